The molecule has 0 saturated carbocycles. The molecule has 1 unspecified atom stereocenters. The van der Waals surface area contributed by atoms with Crippen LogP contribution in [0.25, 0.3) is 11.3 Å². The van der Waals surface area contributed by atoms with E-state index in [1.807, 2.05) is 0 Å². The van der Waals surface area contributed by atoms with Gasteiger partial charge in [0.1, 0.15) is 11.5 Å². The number of hydrogen-bond donors (Lipinski definition) is 1. The van der Waals surface area contributed by atoms with Gasteiger partial charge < -0.3 is 15.0 Å². The van der Waals surface area contributed by atoms with E-state index in [0.29, 0.717) is 5.56 Å². The Morgan fingerprint density at radius 2 is 1.86 bits per heavy atom. The Morgan fingerprint density at radius 1 is 1.27 bits per heavy atom. The third kappa shape index (κ3) is 2.54. The SMILES string of the molecule is COC(=O)C(N)(c1cc(-c2ccc(F)cc2)no1)C(F)(F)F. The molecule has 0 amide bonds. The lowest BCUT2D eigenvalue weighted by molar-refractivity contribution is -0.210. The van der Waals surface area contributed by atoms with Gasteiger partial charge in [0, 0.05) is 11.6 Å². The van der Waals surface area contributed by atoms with Crippen molar-refractivity contribution in [2.24, 2.45) is 5.73 Å². The molecule has 1 aromatic heterocycles. The fourth-order valence-corrected chi connectivity index (χ4v) is 1.73. The van der Waals surface area contributed by atoms with Crippen LogP contribution in [0.2, 0.25) is 0 Å². The number of nitrogens with two attached hydrogens (primary N) is 1. The molecule has 1 heterocycles. The molecule has 22 heavy (non-hydrogen) atoms. The maximum atomic E-state index is 13.1. The number of methoxy groups -OCH3 is 1. The molecule has 118 valence electrons. The Morgan fingerprint density at radius 3 is 2.36 bits per heavy atom. The molecule has 0 bridgehead atoms. The van der Waals surface area contributed by atoms with Crippen molar-refractivity contribution in [1.82, 2.24) is 5.16 Å². The Kier molecular flexibility index (Phi) is 3.92. The lowest BCUT2D eigenvalue weighted by Gasteiger charge is -2.25. The smallest absolute Gasteiger partial charge is 0.424 e. The van der Waals surface area contributed by atoms with E-state index in [2.05, 4.69) is 14.4 Å². The van der Waals surface area contributed by atoms with Gasteiger partial charge in [-0.3, -0.25) is 0 Å². The van der Waals surface area contributed by atoms with Crippen LogP contribution in [-0.2, 0) is 15.1 Å². The van der Waals surface area contributed by atoms with Gasteiger partial charge in [-0.2, -0.15) is 13.2 Å². The van der Waals surface area contributed by atoms with Gasteiger partial charge in [-0.05, 0) is 24.3 Å². The summed E-state index contributed by atoms with van der Waals surface area (Å²) >= 11 is 0. The van der Waals surface area contributed by atoms with Crippen LogP contribution >= 0.6 is 0 Å². The van der Waals surface area contributed by atoms with Crippen molar-refractivity contribution in [2.45, 2.75) is 11.7 Å². The molecular weight excluding hydrogens is 308 g/mol. The summed E-state index contributed by atoms with van der Waals surface area (Å²) in [7, 11) is 0.771. The first-order valence-corrected chi connectivity index (χ1v) is 5.87. The first-order chi connectivity index (χ1) is 10.2. The van der Waals surface area contributed by atoms with E-state index in [1.165, 1.54) is 12.1 Å². The summed E-state index contributed by atoms with van der Waals surface area (Å²) in [6.45, 7) is 0. The highest BCUT2D eigenvalue weighted by Gasteiger charge is 2.63. The van der Waals surface area contributed by atoms with Crippen LogP contribution in [0.5, 0.6) is 0 Å². The summed E-state index contributed by atoms with van der Waals surface area (Å²) in [5.41, 5.74) is 1.96. The summed E-state index contributed by atoms with van der Waals surface area (Å²) in [4.78, 5) is 11.5. The maximum absolute atomic E-state index is 13.1. The van der Waals surface area contributed by atoms with E-state index >= 15 is 0 Å². The number of carbonyl (C=O) groups excluding carboxylic acids is 1. The van der Waals surface area contributed by atoms with Gasteiger partial charge in [0.25, 0.3) is 5.54 Å². The zero-order chi connectivity index (χ0) is 16.5. The van der Waals surface area contributed by atoms with Crippen LogP contribution in [0.4, 0.5) is 17.6 Å². The molecule has 0 saturated heterocycles. The summed E-state index contributed by atoms with van der Waals surface area (Å²) in [6.07, 6.45) is -5.15. The molecule has 2 rings (SSSR count). The van der Waals surface area contributed by atoms with Crippen LogP contribution in [0.15, 0.2) is 34.9 Å². The van der Waals surface area contributed by atoms with Gasteiger partial charge in [0.2, 0.25) is 0 Å². The van der Waals surface area contributed by atoms with Gasteiger partial charge in [0.05, 0.1) is 7.11 Å². The predicted molar refractivity (Wildman–Crippen MR) is 65.8 cm³/mol. The Bertz CT molecular complexity index is 681. The van der Waals surface area contributed by atoms with E-state index in [9.17, 15) is 22.4 Å². The summed E-state index contributed by atoms with van der Waals surface area (Å²) in [5, 5.41) is 3.43. The molecule has 0 spiro atoms. The zero-order valence-electron chi connectivity index (χ0n) is 11.1. The number of halogens is 4. The standard InChI is InChI=1S/C13H10F4N2O3/c1-21-11(20)12(18,13(15,16)17)10-6-9(19-22-10)7-2-4-8(14)5-3-7/h2-6H,18H2,1H3. The van der Waals surface area contributed by atoms with E-state index in [4.69, 9.17) is 5.73 Å². The van der Waals surface area contributed by atoms with Gasteiger partial charge in [-0.25, -0.2) is 9.18 Å². The highest BCUT2D eigenvalue weighted by Crippen LogP contribution is 2.39. The molecule has 0 aliphatic heterocycles. The monoisotopic (exact) mass is 318 g/mol. The molecule has 5 nitrogen and oxygen atoms in total. The summed E-state index contributed by atoms with van der Waals surface area (Å²) in [6, 6.07) is 5.65. The van der Waals surface area contributed by atoms with Crippen molar-refractivity contribution < 1.29 is 31.6 Å². The van der Waals surface area contributed by atoms with Crippen molar-refractivity contribution in [3.05, 3.63) is 41.9 Å². The molecule has 2 N–H and O–H groups in total. The van der Waals surface area contributed by atoms with Gasteiger partial charge >= 0.3 is 12.1 Å². The molecular formula is C13H10F4N2O3. The van der Waals surface area contributed by atoms with E-state index < -0.39 is 29.3 Å². The lowest BCUT2D eigenvalue weighted by atomic mass is 9.96. The van der Waals surface area contributed by atoms with Crippen molar-refractivity contribution in [2.75, 3.05) is 7.11 Å². The highest BCUT2D eigenvalue weighted by atomic mass is 19.4. The number of aromatic nitrogens is 1. The van der Waals surface area contributed by atoms with Crippen molar-refractivity contribution >= 4 is 5.97 Å². The van der Waals surface area contributed by atoms with Crippen molar-refractivity contribution in [1.29, 1.82) is 0 Å². The summed E-state index contributed by atoms with van der Waals surface area (Å²) < 4.78 is 60.9. The number of benzene rings is 1. The van der Waals surface area contributed by atoms with E-state index in [-0.39, 0.29) is 5.69 Å². The number of nitrogens with zero attached hydrogens (tertiary/aromatic N) is 1. The van der Waals surface area contributed by atoms with Crippen LogP contribution in [0.1, 0.15) is 5.76 Å². The maximum Gasteiger partial charge on any atom is 0.424 e. The molecule has 0 radical (unpaired) electrons. The second kappa shape index (κ2) is 5.41. The van der Waals surface area contributed by atoms with Gasteiger partial charge in [0.15, 0.2) is 5.76 Å². The molecule has 2 aromatic rings. The zero-order valence-corrected chi connectivity index (χ0v) is 11.1. The van der Waals surface area contributed by atoms with Crippen LogP contribution in [0, 0.1) is 5.82 Å². The number of carbonyl (C=O) groups is 1. The highest BCUT2D eigenvalue weighted by molar-refractivity contribution is 5.83. The average Bonchev–Trinajstić information content (AvgIpc) is 2.95. The minimum absolute atomic E-state index is 0.0296. The number of rotatable bonds is 3. The number of ether oxygens (including phenoxy) is 1. The summed E-state index contributed by atoms with van der Waals surface area (Å²) in [5.74, 6) is -3.18. The van der Waals surface area contributed by atoms with Gasteiger partial charge in [-0.1, -0.05) is 5.16 Å². The topological polar surface area (TPSA) is 78.4 Å². The number of alkyl halides is 3. The first kappa shape index (κ1) is 16.0. The fourth-order valence-electron chi connectivity index (χ4n) is 1.73. The Hall–Kier alpha value is -2.42. The van der Waals surface area contributed by atoms with Crippen molar-refractivity contribution in [3.63, 3.8) is 0 Å². The minimum Gasteiger partial charge on any atom is -0.467 e. The van der Waals surface area contributed by atoms with Crippen molar-refractivity contribution in [3.8, 4) is 11.3 Å². The third-order valence-corrected chi connectivity index (χ3v) is 2.99. The Labute approximate surface area is 121 Å². The second-order valence-electron chi connectivity index (χ2n) is 4.38. The first-order valence-electron chi connectivity index (χ1n) is 5.87. The average molecular weight is 318 g/mol. The van der Waals surface area contributed by atoms with Crippen LogP contribution in [-0.4, -0.2) is 24.4 Å². The number of esters is 1. The molecule has 1 atom stereocenters. The molecule has 9 heteroatoms. The normalized spacial score (nSPS) is 14.5. The lowest BCUT2D eigenvalue weighted by Crippen LogP contribution is -2.56. The largest absolute Gasteiger partial charge is 0.467 e. The predicted octanol–water partition coefficient (Wildman–Crippen LogP) is 2.37. The molecule has 1 aromatic carbocycles. The third-order valence-electron chi connectivity index (χ3n) is 2.99. The second-order valence-corrected chi connectivity index (χ2v) is 4.38. The fraction of sp³-hybridized carbons (Fsp3) is 0.231. The van der Waals surface area contributed by atoms with Gasteiger partial charge in [-0.15, -0.1) is 0 Å². The van der Waals surface area contributed by atoms with Crippen LogP contribution in [0.3, 0.4) is 0 Å². The van der Waals surface area contributed by atoms with E-state index in [1.54, 1.807) is 0 Å². The Balaban J connectivity index is 2.48. The van der Waals surface area contributed by atoms with E-state index in [0.717, 1.165) is 25.3 Å². The molecule has 0 aliphatic carbocycles. The van der Waals surface area contributed by atoms with Crippen LogP contribution < -0.4 is 5.73 Å². The molecule has 0 aliphatic rings. The number of hydrogen-bond acceptors (Lipinski definition) is 5. The quantitative estimate of drug-likeness (QED) is 0.694. The molecule has 0 fully saturated rings. The minimum atomic E-state index is -5.15.